The molecule has 5 heteroatoms. The lowest BCUT2D eigenvalue weighted by Crippen LogP contribution is -2.34. The first kappa shape index (κ1) is 12.9. The average molecular weight is 202 g/mol. The van der Waals surface area contributed by atoms with Crippen LogP contribution in [-0.4, -0.2) is 30.6 Å². The average Bonchev–Trinajstić information content (AvgIpc) is 2.00. The molecule has 0 bridgehead atoms. The Bertz CT molecular complexity index is 209. The molecule has 0 saturated heterocycles. The van der Waals surface area contributed by atoms with Crippen LogP contribution in [0, 0.1) is 0 Å². The van der Waals surface area contributed by atoms with E-state index in [0.29, 0.717) is 0 Å². The van der Waals surface area contributed by atoms with Crippen LogP contribution in [0.2, 0.25) is 0 Å². The van der Waals surface area contributed by atoms with Crippen molar-refractivity contribution in [1.29, 1.82) is 0 Å². The van der Waals surface area contributed by atoms with E-state index < -0.39 is 11.7 Å². The SMILES string of the molecule is CC(C)(C)OC(=O)NCCC(=O)CN. The summed E-state index contributed by atoms with van der Waals surface area (Å²) in [6.45, 7) is 5.60. The van der Waals surface area contributed by atoms with Crippen molar-refractivity contribution in [3.05, 3.63) is 0 Å². The van der Waals surface area contributed by atoms with Gasteiger partial charge in [-0.05, 0) is 20.8 Å². The van der Waals surface area contributed by atoms with Crippen molar-refractivity contribution in [2.75, 3.05) is 13.1 Å². The van der Waals surface area contributed by atoms with Crippen molar-refractivity contribution in [2.24, 2.45) is 5.73 Å². The molecule has 0 aromatic carbocycles. The Morgan fingerprint density at radius 3 is 2.36 bits per heavy atom. The second kappa shape index (κ2) is 5.59. The molecule has 0 aliphatic heterocycles. The number of nitrogens with one attached hydrogen (secondary N) is 1. The minimum absolute atomic E-state index is 0.00992. The van der Waals surface area contributed by atoms with Crippen LogP contribution in [0.1, 0.15) is 27.2 Å². The molecule has 0 atom stereocenters. The van der Waals surface area contributed by atoms with Crippen LogP contribution in [-0.2, 0) is 9.53 Å². The van der Waals surface area contributed by atoms with E-state index in [9.17, 15) is 9.59 Å². The summed E-state index contributed by atoms with van der Waals surface area (Å²) in [5.41, 5.74) is 4.59. The van der Waals surface area contributed by atoms with E-state index in [1.807, 2.05) is 0 Å². The number of Topliss-reactive ketones (excluding diaryl/α,β-unsaturated/α-hetero) is 1. The van der Waals surface area contributed by atoms with Gasteiger partial charge in [0, 0.05) is 13.0 Å². The Morgan fingerprint density at radius 2 is 1.93 bits per heavy atom. The van der Waals surface area contributed by atoms with Gasteiger partial charge in [-0.2, -0.15) is 0 Å². The van der Waals surface area contributed by atoms with Gasteiger partial charge in [0.2, 0.25) is 0 Å². The quantitative estimate of drug-likeness (QED) is 0.692. The van der Waals surface area contributed by atoms with Crippen molar-refractivity contribution in [3.63, 3.8) is 0 Å². The second-order valence-electron chi connectivity index (χ2n) is 3.92. The Labute approximate surface area is 84.0 Å². The number of alkyl carbamates (subject to hydrolysis) is 1. The van der Waals surface area contributed by atoms with Gasteiger partial charge in [0.25, 0.3) is 0 Å². The van der Waals surface area contributed by atoms with Crippen LogP contribution in [0.5, 0.6) is 0 Å². The zero-order valence-corrected chi connectivity index (χ0v) is 8.92. The molecule has 3 N–H and O–H groups in total. The molecule has 82 valence electrons. The molecule has 14 heavy (non-hydrogen) atoms. The summed E-state index contributed by atoms with van der Waals surface area (Å²) in [5, 5.41) is 2.47. The monoisotopic (exact) mass is 202 g/mol. The molecule has 0 rings (SSSR count). The Balaban J connectivity index is 3.60. The summed E-state index contributed by atoms with van der Waals surface area (Å²) in [5.74, 6) is -0.0824. The summed E-state index contributed by atoms with van der Waals surface area (Å²) >= 11 is 0. The van der Waals surface area contributed by atoms with Crippen molar-refractivity contribution >= 4 is 11.9 Å². The molecule has 0 heterocycles. The van der Waals surface area contributed by atoms with Crippen LogP contribution in [0.4, 0.5) is 4.79 Å². The highest BCUT2D eigenvalue weighted by molar-refractivity contribution is 5.80. The molecule has 0 spiro atoms. The highest BCUT2D eigenvalue weighted by atomic mass is 16.6. The fourth-order valence-corrected chi connectivity index (χ4v) is 0.720. The maximum atomic E-state index is 11.1. The molecule has 0 fully saturated rings. The van der Waals surface area contributed by atoms with E-state index in [2.05, 4.69) is 5.32 Å². The Hall–Kier alpha value is -1.10. The standard InChI is InChI=1S/C9H18N2O3/c1-9(2,3)14-8(13)11-5-4-7(12)6-10/h4-6,10H2,1-3H3,(H,11,13). The molecule has 0 aliphatic carbocycles. The highest BCUT2D eigenvalue weighted by Crippen LogP contribution is 2.06. The molecular weight excluding hydrogens is 184 g/mol. The van der Waals surface area contributed by atoms with Crippen molar-refractivity contribution in [1.82, 2.24) is 5.32 Å². The van der Waals surface area contributed by atoms with Crippen LogP contribution in [0.3, 0.4) is 0 Å². The zero-order valence-electron chi connectivity index (χ0n) is 8.92. The fourth-order valence-electron chi connectivity index (χ4n) is 0.720. The maximum Gasteiger partial charge on any atom is 0.407 e. The lowest BCUT2D eigenvalue weighted by atomic mass is 10.2. The summed E-state index contributed by atoms with van der Waals surface area (Å²) in [4.78, 5) is 21.8. The topological polar surface area (TPSA) is 81.4 Å². The van der Waals surface area contributed by atoms with Crippen LogP contribution >= 0.6 is 0 Å². The number of ether oxygens (including phenoxy) is 1. The minimum Gasteiger partial charge on any atom is -0.444 e. The predicted molar refractivity (Wildman–Crippen MR) is 52.9 cm³/mol. The molecule has 0 aromatic heterocycles. The van der Waals surface area contributed by atoms with Crippen molar-refractivity contribution in [2.45, 2.75) is 32.8 Å². The van der Waals surface area contributed by atoms with E-state index in [-0.39, 0.29) is 25.3 Å². The predicted octanol–water partition coefficient (Wildman–Crippen LogP) is 0.429. The Kier molecular flexibility index (Phi) is 5.15. The number of rotatable bonds is 4. The van der Waals surface area contributed by atoms with Gasteiger partial charge in [-0.1, -0.05) is 0 Å². The van der Waals surface area contributed by atoms with Crippen molar-refractivity contribution < 1.29 is 14.3 Å². The Morgan fingerprint density at radius 1 is 1.36 bits per heavy atom. The lowest BCUT2D eigenvalue weighted by Gasteiger charge is -2.19. The molecule has 0 aliphatic rings. The number of carbonyl (C=O) groups excluding carboxylic acids is 2. The number of carbonyl (C=O) groups is 2. The number of hydrogen-bond donors (Lipinski definition) is 2. The second-order valence-corrected chi connectivity index (χ2v) is 3.92. The third-order valence-corrected chi connectivity index (χ3v) is 1.30. The van der Waals surface area contributed by atoms with Crippen LogP contribution in [0.25, 0.3) is 0 Å². The molecule has 0 unspecified atom stereocenters. The van der Waals surface area contributed by atoms with E-state index in [1.165, 1.54) is 0 Å². The molecule has 1 amide bonds. The number of nitrogens with two attached hydrogens (primary N) is 1. The van der Waals surface area contributed by atoms with E-state index in [4.69, 9.17) is 10.5 Å². The molecule has 0 saturated carbocycles. The summed E-state index contributed by atoms with van der Waals surface area (Å²) < 4.78 is 4.96. The largest absolute Gasteiger partial charge is 0.444 e. The molecule has 0 radical (unpaired) electrons. The first-order valence-electron chi connectivity index (χ1n) is 4.54. The van der Waals surface area contributed by atoms with Gasteiger partial charge in [0.15, 0.2) is 0 Å². The highest BCUT2D eigenvalue weighted by Gasteiger charge is 2.15. The number of amides is 1. The summed E-state index contributed by atoms with van der Waals surface area (Å²) in [6.07, 6.45) is -0.266. The molecular formula is C9H18N2O3. The lowest BCUT2D eigenvalue weighted by molar-refractivity contribution is -0.117. The summed E-state index contributed by atoms with van der Waals surface area (Å²) in [6, 6.07) is 0. The third-order valence-electron chi connectivity index (χ3n) is 1.30. The van der Waals surface area contributed by atoms with Gasteiger partial charge in [0.05, 0.1) is 6.54 Å². The third kappa shape index (κ3) is 7.54. The maximum absolute atomic E-state index is 11.1. The van der Waals surface area contributed by atoms with Crippen molar-refractivity contribution in [3.8, 4) is 0 Å². The fraction of sp³-hybridized carbons (Fsp3) is 0.778. The van der Waals surface area contributed by atoms with Gasteiger partial charge in [-0.25, -0.2) is 4.79 Å². The summed E-state index contributed by atoms with van der Waals surface area (Å²) in [7, 11) is 0. The van der Waals surface area contributed by atoms with E-state index >= 15 is 0 Å². The first-order valence-corrected chi connectivity index (χ1v) is 4.54. The number of hydrogen-bond acceptors (Lipinski definition) is 4. The van der Waals surface area contributed by atoms with Gasteiger partial charge < -0.3 is 15.8 Å². The van der Waals surface area contributed by atoms with E-state index in [0.717, 1.165) is 0 Å². The van der Waals surface area contributed by atoms with E-state index in [1.54, 1.807) is 20.8 Å². The normalized spacial score (nSPS) is 10.9. The van der Waals surface area contributed by atoms with Crippen LogP contribution < -0.4 is 11.1 Å². The molecule has 5 nitrogen and oxygen atoms in total. The minimum atomic E-state index is -0.512. The van der Waals surface area contributed by atoms with Gasteiger partial charge in [-0.3, -0.25) is 4.79 Å². The van der Waals surface area contributed by atoms with Gasteiger partial charge in [-0.15, -0.1) is 0 Å². The zero-order chi connectivity index (χ0) is 11.2. The van der Waals surface area contributed by atoms with Gasteiger partial charge >= 0.3 is 6.09 Å². The smallest absolute Gasteiger partial charge is 0.407 e. The van der Waals surface area contributed by atoms with Crippen LogP contribution in [0.15, 0.2) is 0 Å². The molecule has 0 aromatic rings. The number of ketones is 1. The first-order chi connectivity index (χ1) is 6.35. The van der Waals surface area contributed by atoms with Gasteiger partial charge in [0.1, 0.15) is 11.4 Å².